The predicted octanol–water partition coefficient (Wildman–Crippen LogP) is 7.59. The van der Waals surface area contributed by atoms with E-state index in [0.717, 1.165) is 56.9 Å². The van der Waals surface area contributed by atoms with Crippen molar-refractivity contribution in [1.82, 2.24) is 20.9 Å². The molecule has 0 bridgehead atoms. The Morgan fingerprint density at radius 3 is 1.94 bits per heavy atom. The Balaban J connectivity index is 0.00000265. The van der Waals surface area contributed by atoms with Crippen LogP contribution in [-0.2, 0) is 6.42 Å². The van der Waals surface area contributed by atoms with E-state index < -0.39 is 0 Å². The van der Waals surface area contributed by atoms with Crippen LogP contribution in [0.2, 0.25) is 0 Å². The first-order valence-electron chi connectivity index (χ1n) is 17.7. The van der Waals surface area contributed by atoms with Crippen molar-refractivity contribution in [3.8, 4) is 23.0 Å². The van der Waals surface area contributed by atoms with Crippen molar-refractivity contribution < 1.29 is 18.9 Å². The van der Waals surface area contributed by atoms with Gasteiger partial charge in [0.2, 0.25) is 5.75 Å². The molecular weight excluding hydrogens is 633 g/mol. The van der Waals surface area contributed by atoms with Gasteiger partial charge < -0.3 is 34.9 Å². The van der Waals surface area contributed by atoms with E-state index in [2.05, 4.69) is 76.7 Å². The smallest absolute Gasteiger partial charge is 0.203 e. The van der Waals surface area contributed by atoms with Crippen LogP contribution in [0.1, 0.15) is 68.8 Å². The third-order valence-electron chi connectivity index (χ3n) is 9.29. The third-order valence-corrected chi connectivity index (χ3v) is 10.2. The predicted molar refractivity (Wildman–Crippen MR) is 204 cm³/mol. The van der Waals surface area contributed by atoms with Crippen molar-refractivity contribution in [3.63, 3.8) is 0 Å². The fraction of sp³-hybridized carbons (Fsp3) is 0.500. The first-order chi connectivity index (χ1) is 24.0. The molecule has 0 amide bonds. The largest absolute Gasteiger partial charge is 0.496 e. The van der Waals surface area contributed by atoms with Gasteiger partial charge in [-0.2, -0.15) is 0 Å². The number of hydrogen-bond donors (Lipinski definition) is 3. The minimum absolute atomic E-state index is 0.0295. The molecule has 0 aromatic heterocycles. The van der Waals surface area contributed by atoms with E-state index in [9.17, 15) is 0 Å². The molecule has 3 aliphatic heterocycles. The standard InChI is InChI=1S/C38H52N4O4S.C2H6/c1-7-8-29-19-30(22-36(45-4)38(29)47-6)33-18-28(10-14-41-33)25-42-15-11-26(12-16-42)23-39-24-27-9-13-40-32(17-27)31-20-34(43-2)37(46-5)35(21-31)44-3;1-2/h9-10,13-14,17-22,26,32-33,39-41H,7-8,11-12,15-16,23-25H2,1-6H3;1-2H3. The van der Waals surface area contributed by atoms with Crippen molar-refractivity contribution in [3.05, 3.63) is 88.8 Å². The first-order valence-corrected chi connectivity index (χ1v) is 19.0. The summed E-state index contributed by atoms with van der Waals surface area (Å²) in [6.07, 6.45) is 19.9. The summed E-state index contributed by atoms with van der Waals surface area (Å²) in [7, 11) is 6.70. The van der Waals surface area contributed by atoms with Crippen LogP contribution < -0.4 is 34.9 Å². The summed E-state index contributed by atoms with van der Waals surface area (Å²) in [5, 5.41) is 10.8. The Bertz CT molecular complexity index is 1450. The van der Waals surface area contributed by atoms with Crippen molar-refractivity contribution in [2.24, 2.45) is 5.92 Å². The lowest BCUT2D eigenvalue weighted by Crippen LogP contribution is -2.38. The van der Waals surface area contributed by atoms with Gasteiger partial charge in [-0.15, -0.1) is 11.8 Å². The molecule has 49 heavy (non-hydrogen) atoms. The van der Waals surface area contributed by atoms with Gasteiger partial charge in [-0.3, -0.25) is 4.90 Å². The number of nitrogens with one attached hydrogen (secondary N) is 3. The number of nitrogens with zero attached hydrogens (tertiary/aromatic N) is 1. The SMILES string of the molecule is CC.CCCc1cc(C2C=C(CN3CCC(CNCC4=CC(c5cc(OC)c(OC)c(OC)c5)NC=C4)CC3)C=CN2)cc(OC)c1SC. The summed E-state index contributed by atoms with van der Waals surface area (Å²) < 4.78 is 22.4. The van der Waals surface area contributed by atoms with Crippen LogP contribution >= 0.6 is 11.8 Å². The number of likely N-dealkylation sites (tertiary alicyclic amines) is 1. The Kier molecular flexibility index (Phi) is 15.3. The molecule has 3 N–H and O–H groups in total. The summed E-state index contributed by atoms with van der Waals surface area (Å²) >= 11 is 1.77. The number of hydrogen-bond acceptors (Lipinski definition) is 9. The minimum Gasteiger partial charge on any atom is -0.496 e. The van der Waals surface area contributed by atoms with E-state index in [1.165, 1.54) is 40.0 Å². The van der Waals surface area contributed by atoms with Gasteiger partial charge in [-0.05, 0) is 122 Å². The summed E-state index contributed by atoms with van der Waals surface area (Å²) in [6, 6.07) is 8.77. The van der Waals surface area contributed by atoms with Crippen LogP contribution in [0.4, 0.5) is 0 Å². The minimum atomic E-state index is 0.0295. The van der Waals surface area contributed by atoms with Crippen molar-refractivity contribution in [1.29, 1.82) is 0 Å². The Morgan fingerprint density at radius 1 is 0.796 bits per heavy atom. The van der Waals surface area contributed by atoms with Gasteiger partial charge in [0.15, 0.2) is 11.5 Å². The second kappa shape index (κ2) is 19.6. The fourth-order valence-electron chi connectivity index (χ4n) is 6.77. The zero-order valence-corrected chi connectivity index (χ0v) is 31.7. The highest BCUT2D eigenvalue weighted by molar-refractivity contribution is 7.98. The van der Waals surface area contributed by atoms with E-state index in [4.69, 9.17) is 18.9 Å². The van der Waals surface area contributed by atoms with Gasteiger partial charge in [-0.25, -0.2) is 0 Å². The lowest BCUT2D eigenvalue weighted by Gasteiger charge is -2.33. The summed E-state index contributed by atoms with van der Waals surface area (Å²) in [4.78, 5) is 3.87. The van der Waals surface area contributed by atoms with Crippen molar-refractivity contribution >= 4 is 11.8 Å². The molecule has 1 fully saturated rings. The van der Waals surface area contributed by atoms with Gasteiger partial charge in [-0.1, -0.05) is 45.4 Å². The lowest BCUT2D eigenvalue weighted by atomic mass is 9.95. The van der Waals surface area contributed by atoms with Gasteiger partial charge in [0.05, 0.1) is 45.4 Å². The zero-order chi connectivity index (χ0) is 35.2. The fourth-order valence-corrected chi connectivity index (χ4v) is 7.54. The highest BCUT2D eigenvalue weighted by atomic mass is 32.2. The number of benzene rings is 2. The average molecular weight is 691 g/mol. The Hall–Kier alpha value is -3.53. The molecule has 0 aliphatic carbocycles. The third kappa shape index (κ3) is 10.0. The van der Waals surface area contributed by atoms with E-state index in [0.29, 0.717) is 23.2 Å². The van der Waals surface area contributed by atoms with Crippen LogP contribution in [0.3, 0.4) is 0 Å². The highest BCUT2D eigenvalue weighted by Crippen LogP contribution is 2.40. The number of dihydropyridines is 2. The maximum Gasteiger partial charge on any atom is 0.203 e. The Morgan fingerprint density at radius 2 is 1.37 bits per heavy atom. The van der Waals surface area contributed by atoms with Crippen LogP contribution in [0.5, 0.6) is 23.0 Å². The first kappa shape index (κ1) is 38.3. The molecular formula is C40H58N4O4S. The number of ether oxygens (including phenoxy) is 4. The molecule has 3 heterocycles. The quantitative estimate of drug-likeness (QED) is 0.164. The van der Waals surface area contributed by atoms with Crippen LogP contribution in [-0.4, -0.2) is 72.3 Å². The Labute approximate surface area is 299 Å². The molecule has 1 saturated heterocycles. The second-order valence-electron chi connectivity index (χ2n) is 12.4. The zero-order valence-electron chi connectivity index (χ0n) is 30.9. The van der Waals surface area contributed by atoms with Gasteiger partial charge in [0.1, 0.15) is 5.75 Å². The molecule has 2 unspecified atom stereocenters. The van der Waals surface area contributed by atoms with Gasteiger partial charge >= 0.3 is 0 Å². The molecule has 9 heteroatoms. The molecule has 8 nitrogen and oxygen atoms in total. The molecule has 0 saturated carbocycles. The maximum atomic E-state index is 5.80. The molecule has 0 spiro atoms. The molecule has 268 valence electrons. The number of rotatable bonds is 15. The van der Waals surface area contributed by atoms with Crippen molar-refractivity contribution in [2.75, 3.05) is 67.4 Å². The number of piperidine rings is 1. The topological polar surface area (TPSA) is 76.3 Å². The number of methoxy groups -OCH3 is 4. The van der Waals surface area contributed by atoms with E-state index in [1.807, 2.05) is 32.2 Å². The van der Waals surface area contributed by atoms with Crippen LogP contribution in [0.25, 0.3) is 0 Å². The highest BCUT2D eigenvalue weighted by Gasteiger charge is 2.23. The number of thioether (sulfide) groups is 1. The normalized spacial score (nSPS) is 19.1. The molecule has 2 atom stereocenters. The summed E-state index contributed by atoms with van der Waals surface area (Å²) in [6.45, 7) is 11.4. The van der Waals surface area contributed by atoms with Gasteiger partial charge in [0.25, 0.3) is 0 Å². The van der Waals surface area contributed by atoms with Crippen LogP contribution in [0, 0.1) is 5.92 Å². The molecule has 0 radical (unpaired) electrons. The summed E-state index contributed by atoms with van der Waals surface area (Å²) in [5.41, 5.74) is 6.35. The van der Waals surface area contributed by atoms with Gasteiger partial charge in [0, 0.05) is 13.1 Å². The molecule has 3 aliphatic rings. The van der Waals surface area contributed by atoms with Crippen molar-refractivity contribution in [2.45, 2.75) is 63.4 Å². The van der Waals surface area contributed by atoms with Crippen LogP contribution in [0.15, 0.2) is 77.0 Å². The molecule has 2 aromatic carbocycles. The second-order valence-corrected chi connectivity index (χ2v) is 13.2. The van der Waals surface area contributed by atoms with E-state index >= 15 is 0 Å². The lowest BCUT2D eigenvalue weighted by molar-refractivity contribution is 0.196. The average Bonchev–Trinajstić information content (AvgIpc) is 3.15. The molecule has 5 rings (SSSR count). The van der Waals surface area contributed by atoms with E-state index in [-0.39, 0.29) is 12.1 Å². The monoisotopic (exact) mass is 690 g/mol. The number of aryl methyl sites for hydroxylation is 1. The van der Waals surface area contributed by atoms with E-state index in [1.54, 1.807) is 40.2 Å². The maximum absolute atomic E-state index is 5.80. The summed E-state index contributed by atoms with van der Waals surface area (Å²) in [5.74, 6) is 3.59. The molecule has 2 aromatic rings.